The molecule has 0 bridgehead atoms. The van der Waals surface area contributed by atoms with E-state index in [1.165, 1.54) is 14.2 Å². The lowest BCUT2D eigenvalue weighted by atomic mass is 9.97. The summed E-state index contributed by atoms with van der Waals surface area (Å²) in [6, 6.07) is 23.4. The van der Waals surface area contributed by atoms with Crippen molar-refractivity contribution in [3.8, 4) is 22.3 Å². The highest BCUT2D eigenvalue weighted by Gasteiger charge is 2.36. The number of nitrogens with one attached hydrogen (secondary N) is 4. The van der Waals surface area contributed by atoms with E-state index in [1.54, 1.807) is 23.6 Å². The Labute approximate surface area is 322 Å². The summed E-state index contributed by atoms with van der Waals surface area (Å²) >= 11 is 0. The highest BCUT2D eigenvalue weighted by atomic mass is 16.5. The van der Waals surface area contributed by atoms with Crippen LogP contribution in [0.2, 0.25) is 0 Å². The molecule has 4 amide bonds. The predicted molar refractivity (Wildman–Crippen MR) is 212 cm³/mol. The summed E-state index contributed by atoms with van der Waals surface area (Å²) in [4.78, 5) is 70.0. The van der Waals surface area contributed by atoms with Crippen LogP contribution in [0.4, 0.5) is 9.59 Å². The van der Waals surface area contributed by atoms with Crippen molar-refractivity contribution in [2.75, 3.05) is 27.3 Å². The molecule has 4 heterocycles. The maximum atomic E-state index is 13.2. The molecule has 0 spiro atoms. The third kappa shape index (κ3) is 6.98. The van der Waals surface area contributed by atoms with Gasteiger partial charge in [-0.15, -0.1) is 0 Å². The van der Waals surface area contributed by atoms with Gasteiger partial charge >= 0.3 is 12.2 Å². The van der Waals surface area contributed by atoms with Gasteiger partial charge in [0.05, 0.1) is 48.4 Å². The highest BCUT2D eigenvalue weighted by Crippen LogP contribution is 2.36. The normalized spacial score (nSPS) is 18.0. The standard InChI is InChI=1S/C42H44N8O6/c1-23(43-41(53)55-3)39(51)49-17-5-7-35(49)37-45-31-15-13-29(21-33(31)47-37)27-11-9-26-20-28(12-10-25(26)19-27)30-14-16-32-34(22-30)48-38(46-32)36-8-6-18-50(36)40(52)24(2)44-42(54)56-4/h9-16,19-24,35-36H,5-8,17-18H2,1-4H3,(H,43,53)(H,44,54)(H,45,47)(H,46,48)/t23-,24-,35-,36?/m0/s1. The number of nitrogens with zero attached hydrogens (tertiary/aromatic N) is 4. The Morgan fingerprint density at radius 3 is 1.43 bits per heavy atom. The van der Waals surface area contributed by atoms with Crippen molar-refractivity contribution in [3.63, 3.8) is 0 Å². The molecule has 14 heteroatoms. The van der Waals surface area contributed by atoms with Crippen LogP contribution in [0.5, 0.6) is 0 Å². The van der Waals surface area contributed by atoms with Crippen molar-refractivity contribution in [1.29, 1.82) is 0 Å². The molecule has 56 heavy (non-hydrogen) atoms. The van der Waals surface area contributed by atoms with Gasteiger partial charge in [-0.3, -0.25) is 9.59 Å². The number of carbonyl (C=O) groups is 4. The number of fused-ring (bicyclic) bond motifs is 3. The minimum absolute atomic E-state index is 0.168. The van der Waals surface area contributed by atoms with Crippen molar-refractivity contribution < 1.29 is 28.7 Å². The van der Waals surface area contributed by atoms with Gasteiger partial charge in [0.15, 0.2) is 0 Å². The summed E-state index contributed by atoms with van der Waals surface area (Å²) < 4.78 is 9.34. The third-order valence-corrected chi connectivity index (χ3v) is 11.0. The van der Waals surface area contributed by atoms with Gasteiger partial charge in [-0.25, -0.2) is 19.6 Å². The van der Waals surface area contributed by atoms with Gasteiger partial charge < -0.3 is 39.9 Å². The van der Waals surface area contributed by atoms with Crippen LogP contribution in [0, 0.1) is 0 Å². The number of aromatic nitrogens is 4. The second-order valence-corrected chi connectivity index (χ2v) is 14.6. The van der Waals surface area contributed by atoms with Gasteiger partial charge in [0.25, 0.3) is 0 Å². The molecule has 4 atom stereocenters. The lowest BCUT2D eigenvalue weighted by Gasteiger charge is -2.26. The molecule has 2 aliphatic heterocycles. The number of hydrogen-bond acceptors (Lipinski definition) is 8. The van der Waals surface area contributed by atoms with E-state index in [0.717, 1.165) is 92.4 Å². The van der Waals surface area contributed by atoms with Gasteiger partial charge in [0.2, 0.25) is 11.8 Å². The summed E-state index contributed by atoms with van der Waals surface area (Å²) in [6.07, 6.45) is 1.99. The number of methoxy groups -OCH3 is 2. The summed E-state index contributed by atoms with van der Waals surface area (Å²) in [5, 5.41) is 7.37. The van der Waals surface area contributed by atoms with Gasteiger partial charge in [-0.05, 0) is 109 Å². The van der Waals surface area contributed by atoms with Crippen LogP contribution in [0.3, 0.4) is 0 Å². The molecule has 2 aliphatic rings. The zero-order valence-electron chi connectivity index (χ0n) is 31.7. The number of benzene rings is 4. The summed E-state index contributed by atoms with van der Waals surface area (Å²) in [6.45, 7) is 4.51. The maximum Gasteiger partial charge on any atom is 0.407 e. The number of rotatable bonds is 8. The maximum absolute atomic E-state index is 13.2. The number of carbonyl (C=O) groups excluding carboxylic acids is 4. The molecule has 2 aromatic heterocycles. The molecule has 4 aromatic carbocycles. The molecular formula is C42H44N8O6. The summed E-state index contributed by atoms with van der Waals surface area (Å²) in [5.74, 6) is 1.13. The Morgan fingerprint density at radius 2 is 1.02 bits per heavy atom. The molecule has 0 aliphatic carbocycles. The minimum atomic E-state index is -0.709. The van der Waals surface area contributed by atoms with Crippen molar-refractivity contribution in [3.05, 3.63) is 84.4 Å². The molecule has 2 saturated heterocycles. The van der Waals surface area contributed by atoms with Crippen LogP contribution in [-0.2, 0) is 19.1 Å². The highest BCUT2D eigenvalue weighted by molar-refractivity contribution is 5.93. The molecule has 2 fully saturated rings. The number of ether oxygens (including phenoxy) is 2. The number of hydrogen-bond donors (Lipinski definition) is 4. The van der Waals surface area contributed by atoms with Gasteiger partial charge in [0.1, 0.15) is 23.7 Å². The van der Waals surface area contributed by atoms with Crippen LogP contribution in [0.15, 0.2) is 72.8 Å². The fourth-order valence-electron chi connectivity index (χ4n) is 8.06. The molecule has 0 radical (unpaired) electrons. The fourth-order valence-corrected chi connectivity index (χ4v) is 8.06. The first kappa shape index (κ1) is 36.5. The first-order chi connectivity index (χ1) is 27.1. The number of likely N-dealkylation sites (tertiary alicyclic amines) is 2. The number of alkyl carbamates (subject to hydrolysis) is 2. The summed E-state index contributed by atoms with van der Waals surface area (Å²) in [7, 11) is 2.55. The average molecular weight is 757 g/mol. The quantitative estimate of drug-likeness (QED) is 0.132. The van der Waals surface area contributed by atoms with E-state index in [-0.39, 0.29) is 23.9 Å². The Morgan fingerprint density at radius 1 is 0.625 bits per heavy atom. The van der Waals surface area contributed by atoms with Crippen LogP contribution in [0.25, 0.3) is 55.1 Å². The Bertz CT molecular complexity index is 2320. The number of H-pyrrole nitrogens is 2. The van der Waals surface area contributed by atoms with E-state index >= 15 is 0 Å². The lowest BCUT2D eigenvalue weighted by Crippen LogP contribution is -2.46. The van der Waals surface area contributed by atoms with Gasteiger partial charge in [0, 0.05) is 13.1 Å². The molecule has 0 saturated carbocycles. The lowest BCUT2D eigenvalue weighted by molar-refractivity contribution is -0.134. The van der Waals surface area contributed by atoms with Crippen LogP contribution in [-0.4, -0.2) is 93.1 Å². The fraction of sp³-hybridized carbons (Fsp3) is 0.333. The smallest absolute Gasteiger partial charge is 0.407 e. The van der Waals surface area contributed by atoms with Crippen molar-refractivity contribution in [2.45, 2.75) is 63.7 Å². The van der Waals surface area contributed by atoms with E-state index < -0.39 is 24.3 Å². The molecule has 1 unspecified atom stereocenters. The molecule has 6 aromatic rings. The van der Waals surface area contributed by atoms with Crippen molar-refractivity contribution >= 4 is 56.8 Å². The number of aromatic amines is 2. The molecule has 14 nitrogen and oxygen atoms in total. The molecule has 288 valence electrons. The third-order valence-electron chi connectivity index (χ3n) is 11.0. The van der Waals surface area contributed by atoms with Crippen LogP contribution in [0.1, 0.15) is 63.3 Å². The summed E-state index contributed by atoms with van der Waals surface area (Å²) in [5.41, 5.74) is 7.68. The number of amides is 4. The van der Waals surface area contributed by atoms with Gasteiger partial charge in [-0.1, -0.05) is 36.4 Å². The van der Waals surface area contributed by atoms with Crippen molar-refractivity contribution in [1.82, 2.24) is 40.4 Å². The monoisotopic (exact) mass is 756 g/mol. The first-order valence-corrected chi connectivity index (χ1v) is 18.9. The van der Waals surface area contributed by atoms with Gasteiger partial charge in [-0.2, -0.15) is 0 Å². The number of imidazole rings is 2. The molecular weight excluding hydrogens is 713 g/mol. The largest absolute Gasteiger partial charge is 0.453 e. The topological polar surface area (TPSA) is 175 Å². The minimum Gasteiger partial charge on any atom is -0.453 e. The van der Waals surface area contributed by atoms with E-state index in [2.05, 4.69) is 90.7 Å². The van der Waals surface area contributed by atoms with Crippen LogP contribution >= 0.6 is 0 Å². The Kier molecular flexibility index (Phi) is 9.79. The van der Waals surface area contributed by atoms with E-state index in [9.17, 15) is 19.2 Å². The predicted octanol–water partition coefficient (Wildman–Crippen LogP) is 6.74. The second kappa shape index (κ2) is 15.0. The Hall–Kier alpha value is -6.44. The zero-order chi connectivity index (χ0) is 39.1. The first-order valence-electron chi connectivity index (χ1n) is 18.9. The zero-order valence-corrected chi connectivity index (χ0v) is 31.7. The Balaban J connectivity index is 0.990. The second-order valence-electron chi connectivity index (χ2n) is 14.6. The SMILES string of the molecule is COC(=O)N[C@@H](C)C(=O)N1CCCC1c1nc2ccc(-c3ccc4cc(-c5ccc6nc([C@@H]7CCCN7C(=O)[C@H](C)NC(=O)OC)[nH]c6c5)ccc4c3)cc2[nH]1. The van der Waals surface area contributed by atoms with E-state index in [1.807, 2.05) is 12.1 Å². The van der Waals surface area contributed by atoms with Crippen LogP contribution < -0.4 is 10.6 Å². The average Bonchev–Trinajstić information content (AvgIpc) is 4.04. The molecule has 4 N–H and O–H groups in total. The molecule has 8 rings (SSSR count). The van der Waals surface area contributed by atoms with E-state index in [4.69, 9.17) is 9.97 Å². The van der Waals surface area contributed by atoms with Crippen molar-refractivity contribution in [2.24, 2.45) is 0 Å². The van der Waals surface area contributed by atoms with E-state index in [0.29, 0.717) is 13.1 Å².